The Morgan fingerprint density at radius 1 is 1.34 bits per heavy atom. The van der Waals surface area contributed by atoms with Crippen LogP contribution >= 0.6 is 27.7 Å². The van der Waals surface area contributed by atoms with E-state index in [0.29, 0.717) is 21.1 Å². The van der Waals surface area contributed by atoms with Gasteiger partial charge in [-0.1, -0.05) is 15.9 Å². The first kappa shape index (κ1) is 22.1. The van der Waals surface area contributed by atoms with Gasteiger partial charge in [0.1, 0.15) is 30.3 Å². The number of nitrogens with zero attached hydrogens (tertiary/aromatic N) is 2. The summed E-state index contributed by atoms with van der Waals surface area (Å²) in [6.07, 6.45) is 0. The van der Waals surface area contributed by atoms with E-state index in [2.05, 4.69) is 21.2 Å². The molecular weight excluding hydrogens is 510 g/mol. The lowest BCUT2D eigenvalue weighted by molar-refractivity contribution is -0.151. The van der Waals surface area contributed by atoms with Crippen LogP contribution in [0.2, 0.25) is 0 Å². The highest BCUT2D eigenvalue weighted by Gasteiger charge is 2.54. The van der Waals surface area contributed by atoms with Gasteiger partial charge in [0.25, 0.3) is 5.91 Å². The fourth-order valence-corrected chi connectivity index (χ4v) is 5.20. The number of hydrogen-bond acceptors (Lipinski definition) is 8. The first-order valence-electron chi connectivity index (χ1n) is 9.29. The standard InChI is InChI=1S/C19H16BrN3O8S/c1-8(24)30-6-9-7-32-17-14(16(26)23(17)15(9)18(27)28)21-13(25)5-22-11-3-2-10(20)4-12(11)31-19(22)29/h2-4,14,17H,5-7H2,1H3,(H,21,25)(H,27,28)/t14?,17-/m1/s1. The molecule has 0 radical (unpaired) electrons. The summed E-state index contributed by atoms with van der Waals surface area (Å²) < 4.78 is 11.9. The van der Waals surface area contributed by atoms with Gasteiger partial charge in [-0.3, -0.25) is 23.9 Å². The third-order valence-electron chi connectivity index (χ3n) is 4.95. The van der Waals surface area contributed by atoms with Crippen molar-refractivity contribution in [3.05, 3.63) is 44.5 Å². The summed E-state index contributed by atoms with van der Waals surface area (Å²) in [5, 5.41) is 11.5. The minimum absolute atomic E-state index is 0.219. The third-order valence-corrected chi connectivity index (χ3v) is 6.78. The van der Waals surface area contributed by atoms with E-state index in [-0.39, 0.29) is 24.6 Å². The molecule has 11 nitrogen and oxygen atoms in total. The Morgan fingerprint density at radius 2 is 2.09 bits per heavy atom. The van der Waals surface area contributed by atoms with Crippen LogP contribution in [0.5, 0.6) is 0 Å². The molecule has 0 spiro atoms. The van der Waals surface area contributed by atoms with Gasteiger partial charge < -0.3 is 19.6 Å². The highest BCUT2D eigenvalue weighted by Crippen LogP contribution is 2.40. The Kier molecular flexibility index (Phi) is 5.86. The molecule has 32 heavy (non-hydrogen) atoms. The normalized spacial score (nSPS) is 20.1. The zero-order valence-electron chi connectivity index (χ0n) is 16.5. The van der Waals surface area contributed by atoms with Crippen LogP contribution < -0.4 is 11.1 Å². The number of β-lactam (4-membered cyclic amide) rings is 1. The van der Waals surface area contributed by atoms with Crippen LogP contribution in [0, 0.1) is 0 Å². The second-order valence-corrected chi connectivity index (χ2v) is 9.08. The van der Waals surface area contributed by atoms with E-state index < -0.39 is 40.9 Å². The van der Waals surface area contributed by atoms with Crippen LogP contribution in [-0.2, 0) is 30.5 Å². The molecule has 0 saturated carbocycles. The predicted molar refractivity (Wildman–Crippen MR) is 114 cm³/mol. The summed E-state index contributed by atoms with van der Waals surface area (Å²) in [6.45, 7) is 0.603. The number of rotatable bonds is 6. The fraction of sp³-hybridized carbons (Fsp3) is 0.316. The van der Waals surface area contributed by atoms with Crippen molar-refractivity contribution < 1.29 is 33.4 Å². The lowest BCUT2D eigenvalue weighted by Gasteiger charge is -2.49. The van der Waals surface area contributed by atoms with Gasteiger partial charge in [-0.15, -0.1) is 11.8 Å². The predicted octanol–water partition coefficient (Wildman–Crippen LogP) is 0.659. The Balaban J connectivity index is 1.48. The van der Waals surface area contributed by atoms with E-state index >= 15 is 0 Å². The van der Waals surface area contributed by atoms with Crippen LogP contribution in [0.15, 0.2) is 43.2 Å². The van der Waals surface area contributed by atoms with Gasteiger partial charge in [0, 0.05) is 22.7 Å². The largest absolute Gasteiger partial charge is 0.477 e. The number of thioether (sulfide) groups is 1. The zero-order chi connectivity index (χ0) is 23.2. The monoisotopic (exact) mass is 525 g/mol. The highest BCUT2D eigenvalue weighted by molar-refractivity contribution is 9.10. The molecule has 0 aliphatic carbocycles. The fourth-order valence-electron chi connectivity index (χ4n) is 3.54. The molecule has 1 aromatic carbocycles. The number of oxazole rings is 1. The number of halogens is 1. The molecule has 1 aromatic heterocycles. The molecule has 2 aliphatic heterocycles. The molecule has 1 saturated heterocycles. The summed E-state index contributed by atoms with van der Waals surface area (Å²) in [4.78, 5) is 61.2. The van der Waals surface area contributed by atoms with E-state index in [4.69, 9.17) is 9.15 Å². The lowest BCUT2D eigenvalue weighted by atomic mass is 10.0. The molecule has 0 bridgehead atoms. The first-order chi connectivity index (χ1) is 15.2. The van der Waals surface area contributed by atoms with E-state index in [0.717, 1.165) is 9.47 Å². The van der Waals surface area contributed by atoms with Crippen molar-refractivity contribution in [2.45, 2.75) is 24.9 Å². The Bertz CT molecular complexity index is 1250. The van der Waals surface area contributed by atoms with Gasteiger partial charge in [-0.25, -0.2) is 9.59 Å². The van der Waals surface area contributed by atoms with Crippen LogP contribution in [0.3, 0.4) is 0 Å². The lowest BCUT2D eigenvalue weighted by Crippen LogP contribution is -2.70. The van der Waals surface area contributed by atoms with Gasteiger partial charge >= 0.3 is 17.7 Å². The molecule has 168 valence electrons. The zero-order valence-corrected chi connectivity index (χ0v) is 18.9. The number of hydrogen-bond donors (Lipinski definition) is 2. The molecule has 4 rings (SSSR count). The minimum atomic E-state index is -1.32. The van der Waals surface area contributed by atoms with Crippen molar-refractivity contribution in [3.8, 4) is 0 Å². The average Bonchev–Trinajstić information content (AvgIpc) is 3.03. The Morgan fingerprint density at radius 3 is 2.78 bits per heavy atom. The average molecular weight is 526 g/mol. The molecule has 1 fully saturated rings. The molecule has 2 aliphatic rings. The minimum Gasteiger partial charge on any atom is -0.477 e. The molecule has 3 heterocycles. The van der Waals surface area contributed by atoms with Crippen molar-refractivity contribution in [1.29, 1.82) is 0 Å². The van der Waals surface area contributed by atoms with Gasteiger partial charge in [0.2, 0.25) is 5.91 Å². The summed E-state index contributed by atoms with van der Waals surface area (Å²) >= 11 is 4.53. The topological polar surface area (TPSA) is 148 Å². The number of fused-ring (bicyclic) bond motifs is 2. The number of aliphatic carboxylic acids is 1. The van der Waals surface area contributed by atoms with Crippen LogP contribution in [0.25, 0.3) is 11.1 Å². The van der Waals surface area contributed by atoms with Crippen LogP contribution in [-0.4, -0.2) is 62.1 Å². The van der Waals surface area contributed by atoms with Crippen molar-refractivity contribution in [3.63, 3.8) is 0 Å². The summed E-state index contributed by atoms with van der Waals surface area (Å²) in [6, 6.07) is 3.98. The van der Waals surface area contributed by atoms with Gasteiger partial charge in [-0.2, -0.15) is 0 Å². The molecular formula is C19H16BrN3O8S. The maximum absolute atomic E-state index is 12.6. The number of nitrogens with one attached hydrogen (secondary N) is 1. The summed E-state index contributed by atoms with van der Waals surface area (Å²) in [5.41, 5.74) is 0.790. The van der Waals surface area contributed by atoms with E-state index in [1.807, 2.05) is 0 Å². The number of aromatic nitrogens is 1. The molecule has 2 amide bonds. The van der Waals surface area contributed by atoms with Gasteiger partial charge in [-0.05, 0) is 18.2 Å². The molecule has 13 heteroatoms. The van der Waals surface area contributed by atoms with Crippen LogP contribution in [0.1, 0.15) is 6.92 Å². The SMILES string of the molecule is CC(=O)OCC1=C(C(=O)O)N2C(=O)C(NC(=O)Cn3c(=O)oc4cc(Br)ccc43)[C@H]2SC1. The number of carbonyl (C=O) groups is 4. The Labute approximate surface area is 192 Å². The second-order valence-electron chi connectivity index (χ2n) is 7.06. The maximum atomic E-state index is 12.6. The van der Waals surface area contributed by atoms with Gasteiger partial charge in [0.15, 0.2) is 5.58 Å². The highest BCUT2D eigenvalue weighted by atomic mass is 79.9. The van der Waals surface area contributed by atoms with Crippen molar-refractivity contribution in [2.75, 3.05) is 12.4 Å². The number of carboxylic acids is 1. The van der Waals surface area contributed by atoms with E-state index in [1.54, 1.807) is 18.2 Å². The van der Waals surface area contributed by atoms with Crippen LogP contribution in [0.4, 0.5) is 0 Å². The number of carbonyl (C=O) groups excluding carboxylic acids is 3. The Hall–Kier alpha value is -3.06. The van der Waals surface area contributed by atoms with Crippen molar-refractivity contribution >= 4 is 62.5 Å². The number of esters is 1. The van der Waals surface area contributed by atoms with Crippen molar-refractivity contribution in [2.24, 2.45) is 0 Å². The number of benzene rings is 1. The van der Waals surface area contributed by atoms with E-state index in [1.165, 1.54) is 18.7 Å². The van der Waals surface area contributed by atoms with Crippen molar-refractivity contribution in [1.82, 2.24) is 14.8 Å². The first-order valence-corrected chi connectivity index (χ1v) is 11.1. The molecule has 2 aromatic rings. The molecule has 2 atom stereocenters. The second kappa shape index (κ2) is 8.47. The van der Waals surface area contributed by atoms with E-state index in [9.17, 15) is 29.1 Å². The summed E-state index contributed by atoms with van der Waals surface area (Å²) in [5.74, 6) is -3.57. The molecule has 2 N–H and O–H groups in total. The third kappa shape index (κ3) is 3.93. The number of carboxylic acid groups (broad SMARTS) is 1. The number of amides is 2. The maximum Gasteiger partial charge on any atom is 0.420 e. The smallest absolute Gasteiger partial charge is 0.420 e. The summed E-state index contributed by atoms with van der Waals surface area (Å²) in [7, 11) is 0. The van der Waals surface area contributed by atoms with Gasteiger partial charge in [0.05, 0.1) is 5.52 Å². The quantitative estimate of drug-likeness (QED) is 0.409. The number of ether oxygens (including phenoxy) is 1. The molecule has 1 unspecified atom stereocenters.